The molecule has 0 fully saturated rings. The van der Waals surface area contributed by atoms with Crippen LogP contribution in [0.4, 0.5) is 5.95 Å². The third-order valence-corrected chi connectivity index (χ3v) is 2.32. The van der Waals surface area contributed by atoms with Gasteiger partial charge in [-0.15, -0.1) is 0 Å². The van der Waals surface area contributed by atoms with Crippen molar-refractivity contribution in [2.24, 2.45) is 0 Å². The third kappa shape index (κ3) is 3.49. The first-order chi connectivity index (χ1) is 8.38. The van der Waals surface area contributed by atoms with Gasteiger partial charge >= 0.3 is 0 Å². The molecule has 0 atom stereocenters. The lowest BCUT2D eigenvalue weighted by molar-refractivity contribution is 0.277. The van der Waals surface area contributed by atoms with Gasteiger partial charge in [-0.05, 0) is 30.2 Å². The molecule has 0 amide bonds. The van der Waals surface area contributed by atoms with Crippen molar-refractivity contribution >= 4 is 5.95 Å². The molecule has 17 heavy (non-hydrogen) atoms. The lowest BCUT2D eigenvalue weighted by atomic mass is 10.2. The Morgan fingerprint density at radius 2 is 1.94 bits per heavy atom. The molecule has 0 saturated heterocycles. The zero-order chi connectivity index (χ0) is 11.9. The molecule has 0 aliphatic rings. The van der Waals surface area contributed by atoms with Gasteiger partial charge < -0.3 is 10.4 Å². The predicted molar refractivity (Wildman–Crippen MR) is 64.4 cm³/mol. The van der Waals surface area contributed by atoms with Crippen molar-refractivity contribution in [2.75, 3.05) is 11.9 Å². The summed E-state index contributed by atoms with van der Waals surface area (Å²) >= 11 is 0. The molecule has 2 aromatic rings. The molecule has 2 rings (SSSR count). The number of aromatic nitrogens is 3. The number of hydrogen-bond donors (Lipinski definition) is 2. The lowest BCUT2D eigenvalue weighted by Gasteiger charge is -2.05. The fourth-order valence-electron chi connectivity index (χ4n) is 1.44. The smallest absolute Gasteiger partial charge is 0.222 e. The molecule has 0 aliphatic carbocycles. The highest BCUT2D eigenvalue weighted by molar-refractivity contribution is 5.25. The highest BCUT2D eigenvalue weighted by atomic mass is 16.3. The van der Waals surface area contributed by atoms with Crippen LogP contribution < -0.4 is 5.32 Å². The molecule has 2 N–H and O–H groups in total. The van der Waals surface area contributed by atoms with Crippen LogP contribution in [0.5, 0.6) is 0 Å². The van der Waals surface area contributed by atoms with Crippen LogP contribution in [0, 0.1) is 0 Å². The highest BCUT2D eigenvalue weighted by Crippen LogP contribution is 2.02. The summed E-state index contributed by atoms with van der Waals surface area (Å²) < 4.78 is 0. The first kappa shape index (κ1) is 11.5. The van der Waals surface area contributed by atoms with Crippen molar-refractivity contribution in [3.8, 4) is 0 Å². The van der Waals surface area contributed by atoms with E-state index in [2.05, 4.69) is 20.3 Å². The topological polar surface area (TPSA) is 70.9 Å². The van der Waals surface area contributed by atoms with Gasteiger partial charge in [0.05, 0.1) is 12.3 Å². The van der Waals surface area contributed by atoms with Crippen LogP contribution in [0.15, 0.2) is 36.8 Å². The molecule has 0 aliphatic heterocycles. The van der Waals surface area contributed by atoms with E-state index >= 15 is 0 Å². The second-order valence-corrected chi connectivity index (χ2v) is 3.56. The molecule has 0 unspecified atom stereocenters. The van der Waals surface area contributed by atoms with Crippen molar-refractivity contribution in [1.82, 2.24) is 15.0 Å². The highest BCUT2D eigenvalue weighted by Gasteiger charge is 1.98. The molecule has 0 bridgehead atoms. The van der Waals surface area contributed by atoms with Crippen molar-refractivity contribution < 1.29 is 5.11 Å². The van der Waals surface area contributed by atoms with Gasteiger partial charge in [0.1, 0.15) is 0 Å². The Labute approximate surface area is 99.6 Å². The monoisotopic (exact) mass is 230 g/mol. The third-order valence-electron chi connectivity index (χ3n) is 2.32. The average molecular weight is 230 g/mol. The number of nitrogens with one attached hydrogen (secondary N) is 1. The number of aliphatic hydroxyl groups excluding tert-OH is 1. The molecular formula is C12H14N4O. The van der Waals surface area contributed by atoms with Gasteiger partial charge in [-0.3, -0.25) is 4.98 Å². The standard InChI is InChI=1S/C12H14N4O/c17-9-11-4-8-15-12(16-11)14-7-3-10-1-5-13-6-2-10/h1-2,4-6,8,17H,3,7,9H2,(H,14,15,16). The van der Waals surface area contributed by atoms with Gasteiger partial charge in [-0.2, -0.15) is 0 Å². The van der Waals surface area contributed by atoms with Crippen molar-refractivity contribution in [3.05, 3.63) is 48.0 Å². The van der Waals surface area contributed by atoms with Crippen LogP contribution in [0.25, 0.3) is 0 Å². The molecule has 0 aromatic carbocycles. The minimum atomic E-state index is -0.0679. The van der Waals surface area contributed by atoms with E-state index < -0.39 is 0 Å². The number of rotatable bonds is 5. The van der Waals surface area contributed by atoms with Crippen molar-refractivity contribution in [2.45, 2.75) is 13.0 Å². The Morgan fingerprint density at radius 1 is 1.12 bits per heavy atom. The van der Waals surface area contributed by atoms with E-state index in [1.54, 1.807) is 24.7 Å². The van der Waals surface area contributed by atoms with Gasteiger partial charge in [0.15, 0.2) is 0 Å². The molecule has 2 aromatic heterocycles. The summed E-state index contributed by atoms with van der Waals surface area (Å²) in [5, 5.41) is 12.1. The van der Waals surface area contributed by atoms with Crippen LogP contribution in [0.2, 0.25) is 0 Å². The van der Waals surface area contributed by atoms with Crippen LogP contribution in [-0.2, 0) is 13.0 Å². The summed E-state index contributed by atoms with van der Waals surface area (Å²) in [4.78, 5) is 12.2. The summed E-state index contributed by atoms with van der Waals surface area (Å²) in [5.74, 6) is 0.547. The van der Waals surface area contributed by atoms with E-state index in [4.69, 9.17) is 5.11 Å². The van der Waals surface area contributed by atoms with Gasteiger partial charge in [0.2, 0.25) is 5.95 Å². The van der Waals surface area contributed by atoms with Gasteiger partial charge in [0, 0.05) is 25.1 Å². The second kappa shape index (κ2) is 5.91. The Balaban J connectivity index is 1.86. The maximum Gasteiger partial charge on any atom is 0.222 e. The maximum absolute atomic E-state index is 8.94. The van der Waals surface area contributed by atoms with E-state index in [9.17, 15) is 0 Å². The van der Waals surface area contributed by atoms with E-state index in [0.29, 0.717) is 11.6 Å². The Kier molecular flexibility index (Phi) is 3.99. The minimum Gasteiger partial charge on any atom is -0.390 e. The van der Waals surface area contributed by atoms with Gasteiger partial charge in [0.25, 0.3) is 0 Å². The largest absolute Gasteiger partial charge is 0.390 e. The van der Waals surface area contributed by atoms with E-state index in [1.165, 1.54) is 5.56 Å². The number of pyridine rings is 1. The van der Waals surface area contributed by atoms with E-state index in [0.717, 1.165) is 13.0 Å². The lowest BCUT2D eigenvalue weighted by Crippen LogP contribution is -2.08. The number of aliphatic hydroxyl groups is 1. The molecule has 88 valence electrons. The van der Waals surface area contributed by atoms with Gasteiger partial charge in [-0.25, -0.2) is 9.97 Å². The summed E-state index contributed by atoms with van der Waals surface area (Å²) in [7, 11) is 0. The molecule has 0 saturated carbocycles. The van der Waals surface area contributed by atoms with E-state index in [1.807, 2.05) is 12.1 Å². The zero-order valence-corrected chi connectivity index (χ0v) is 9.37. The van der Waals surface area contributed by atoms with Crippen molar-refractivity contribution in [3.63, 3.8) is 0 Å². The second-order valence-electron chi connectivity index (χ2n) is 3.56. The first-order valence-corrected chi connectivity index (χ1v) is 5.44. The van der Waals surface area contributed by atoms with Gasteiger partial charge in [-0.1, -0.05) is 0 Å². The van der Waals surface area contributed by atoms with Crippen LogP contribution in [0.3, 0.4) is 0 Å². The average Bonchev–Trinajstić information content (AvgIpc) is 2.40. The van der Waals surface area contributed by atoms with Crippen LogP contribution in [0.1, 0.15) is 11.3 Å². The molecule has 0 radical (unpaired) electrons. The summed E-state index contributed by atoms with van der Waals surface area (Å²) in [6.45, 7) is 0.681. The maximum atomic E-state index is 8.94. The molecule has 0 spiro atoms. The quantitative estimate of drug-likeness (QED) is 0.802. The summed E-state index contributed by atoms with van der Waals surface area (Å²) in [6, 6.07) is 5.65. The molecule has 5 heteroatoms. The summed E-state index contributed by atoms with van der Waals surface area (Å²) in [5.41, 5.74) is 1.83. The predicted octanol–water partition coefficient (Wildman–Crippen LogP) is 1.02. The number of nitrogens with zero attached hydrogens (tertiary/aromatic N) is 3. The molecule has 5 nitrogen and oxygen atoms in total. The SMILES string of the molecule is OCc1ccnc(NCCc2ccncc2)n1. The Morgan fingerprint density at radius 3 is 2.71 bits per heavy atom. The number of hydrogen-bond acceptors (Lipinski definition) is 5. The normalized spacial score (nSPS) is 10.2. The van der Waals surface area contributed by atoms with Crippen LogP contribution in [-0.4, -0.2) is 26.6 Å². The van der Waals surface area contributed by atoms with Crippen LogP contribution >= 0.6 is 0 Å². The fourth-order valence-corrected chi connectivity index (χ4v) is 1.44. The molecule has 2 heterocycles. The first-order valence-electron chi connectivity index (χ1n) is 5.44. The molecular weight excluding hydrogens is 216 g/mol. The minimum absolute atomic E-state index is 0.0679. The van der Waals surface area contributed by atoms with Crippen molar-refractivity contribution in [1.29, 1.82) is 0 Å². The Hall–Kier alpha value is -2.01. The zero-order valence-electron chi connectivity index (χ0n) is 9.37. The van der Waals surface area contributed by atoms with E-state index in [-0.39, 0.29) is 6.61 Å². The number of anilines is 1. The fraction of sp³-hybridized carbons (Fsp3) is 0.250. The summed E-state index contributed by atoms with van der Waals surface area (Å²) in [6.07, 6.45) is 6.07. The Bertz CT molecular complexity index is 461.